The first kappa shape index (κ1) is 18.6. The van der Waals surface area contributed by atoms with Crippen LogP contribution >= 0.6 is 0 Å². The Labute approximate surface area is 158 Å². The van der Waals surface area contributed by atoms with Crippen LogP contribution in [0, 0.1) is 5.92 Å². The van der Waals surface area contributed by atoms with E-state index in [-0.39, 0.29) is 24.1 Å². The van der Waals surface area contributed by atoms with E-state index in [1.165, 1.54) is 0 Å². The van der Waals surface area contributed by atoms with Gasteiger partial charge in [0.15, 0.2) is 0 Å². The average molecular weight is 365 g/mol. The molecule has 2 N–H and O–H groups in total. The minimum Gasteiger partial charge on any atom is -0.352 e. The number of hydrogen-bond acceptors (Lipinski definition) is 3. The zero-order valence-corrected chi connectivity index (χ0v) is 15.3. The fourth-order valence-electron chi connectivity index (χ4n) is 3.10. The second kappa shape index (κ2) is 8.49. The zero-order chi connectivity index (χ0) is 19.2. The van der Waals surface area contributed by atoms with Crippen molar-refractivity contribution in [3.8, 4) is 0 Å². The second-order valence-electron chi connectivity index (χ2n) is 6.53. The van der Waals surface area contributed by atoms with Crippen molar-refractivity contribution in [3.63, 3.8) is 0 Å². The van der Waals surface area contributed by atoms with Crippen LogP contribution in [0.25, 0.3) is 0 Å². The van der Waals surface area contributed by atoms with E-state index in [1.54, 1.807) is 29.2 Å². The molecule has 0 unspecified atom stereocenters. The highest BCUT2D eigenvalue weighted by Gasteiger charge is 2.35. The smallest absolute Gasteiger partial charge is 0.253 e. The summed E-state index contributed by atoms with van der Waals surface area (Å²) in [6.45, 7) is 2.88. The van der Waals surface area contributed by atoms with Crippen molar-refractivity contribution in [1.29, 1.82) is 0 Å². The third-order valence-corrected chi connectivity index (χ3v) is 4.53. The van der Waals surface area contributed by atoms with Gasteiger partial charge in [0.2, 0.25) is 11.8 Å². The second-order valence-corrected chi connectivity index (χ2v) is 6.53. The summed E-state index contributed by atoms with van der Waals surface area (Å²) in [7, 11) is 0. The van der Waals surface area contributed by atoms with Gasteiger partial charge in [0.05, 0.1) is 17.2 Å². The summed E-state index contributed by atoms with van der Waals surface area (Å²) in [5, 5.41) is 5.64. The van der Waals surface area contributed by atoms with Crippen LogP contribution < -0.4 is 15.5 Å². The highest BCUT2D eigenvalue weighted by molar-refractivity contribution is 6.07. The molecule has 0 bridgehead atoms. The molecule has 27 heavy (non-hydrogen) atoms. The lowest BCUT2D eigenvalue weighted by Crippen LogP contribution is -2.29. The average Bonchev–Trinajstić information content (AvgIpc) is 3.09. The van der Waals surface area contributed by atoms with Crippen LogP contribution in [-0.4, -0.2) is 30.8 Å². The predicted octanol–water partition coefficient (Wildman–Crippen LogP) is 2.82. The Morgan fingerprint density at radius 1 is 1.07 bits per heavy atom. The van der Waals surface area contributed by atoms with Crippen LogP contribution in [-0.2, 0) is 9.59 Å². The number of benzene rings is 2. The van der Waals surface area contributed by atoms with E-state index in [1.807, 2.05) is 37.3 Å². The van der Waals surface area contributed by atoms with Gasteiger partial charge in [0.1, 0.15) is 0 Å². The Morgan fingerprint density at radius 2 is 1.78 bits per heavy atom. The highest BCUT2D eigenvalue weighted by Crippen LogP contribution is 2.26. The van der Waals surface area contributed by atoms with Crippen molar-refractivity contribution in [3.05, 3.63) is 60.2 Å². The lowest BCUT2D eigenvalue weighted by molar-refractivity contribution is -0.122. The number of carbonyl (C=O) groups excluding carboxylic acids is 3. The Kier molecular flexibility index (Phi) is 5.86. The molecule has 6 nitrogen and oxygen atoms in total. The quantitative estimate of drug-likeness (QED) is 0.826. The predicted molar refractivity (Wildman–Crippen MR) is 105 cm³/mol. The van der Waals surface area contributed by atoms with E-state index in [0.29, 0.717) is 24.3 Å². The van der Waals surface area contributed by atoms with Crippen LogP contribution in [0.5, 0.6) is 0 Å². The molecule has 6 heteroatoms. The standard InChI is InChI=1S/C21H23N3O3/c1-2-12-22-21(27)17-10-6-7-11-18(17)23-20(26)15-13-19(25)24(14-15)16-8-4-3-5-9-16/h3-11,15H,2,12-14H2,1H3,(H,22,27)(H,23,26)/t15-/m0/s1. The molecule has 2 aromatic carbocycles. The van der Waals surface area contributed by atoms with E-state index in [4.69, 9.17) is 0 Å². The van der Waals surface area contributed by atoms with E-state index in [2.05, 4.69) is 10.6 Å². The number of hydrogen-bond donors (Lipinski definition) is 2. The van der Waals surface area contributed by atoms with Gasteiger partial charge in [-0.05, 0) is 30.7 Å². The largest absolute Gasteiger partial charge is 0.352 e. The van der Waals surface area contributed by atoms with Crippen molar-refractivity contribution in [1.82, 2.24) is 5.32 Å². The summed E-state index contributed by atoms with van der Waals surface area (Å²) < 4.78 is 0. The zero-order valence-electron chi connectivity index (χ0n) is 15.3. The first-order chi connectivity index (χ1) is 13.1. The maximum atomic E-state index is 12.7. The van der Waals surface area contributed by atoms with Crippen molar-refractivity contribution in [2.24, 2.45) is 5.92 Å². The molecule has 0 radical (unpaired) electrons. The van der Waals surface area contributed by atoms with Crippen LogP contribution in [0.15, 0.2) is 54.6 Å². The Morgan fingerprint density at radius 3 is 2.52 bits per heavy atom. The fraction of sp³-hybridized carbons (Fsp3) is 0.286. The van der Waals surface area contributed by atoms with Gasteiger partial charge in [-0.2, -0.15) is 0 Å². The van der Waals surface area contributed by atoms with Crippen molar-refractivity contribution in [2.75, 3.05) is 23.3 Å². The highest BCUT2D eigenvalue weighted by atomic mass is 16.2. The first-order valence-electron chi connectivity index (χ1n) is 9.13. The van der Waals surface area contributed by atoms with Crippen LogP contribution in [0.4, 0.5) is 11.4 Å². The third-order valence-electron chi connectivity index (χ3n) is 4.53. The van der Waals surface area contributed by atoms with Gasteiger partial charge in [-0.15, -0.1) is 0 Å². The lowest BCUT2D eigenvalue weighted by Gasteiger charge is -2.17. The molecule has 0 saturated carbocycles. The number of nitrogens with one attached hydrogen (secondary N) is 2. The molecule has 0 aliphatic carbocycles. The summed E-state index contributed by atoms with van der Waals surface area (Å²) in [6.07, 6.45) is 0.991. The summed E-state index contributed by atoms with van der Waals surface area (Å²) >= 11 is 0. The fourth-order valence-corrected chi connectivity index (χ4v) is 3.10. The van der Waals surface area contributed by atoms with Crippen LogP contribution in [0.2, 0.25) is 0 Å². The molecule has 1 aliphatic heterocycles. The number of para-hydroxylation sites is 2. The number of nitrogens with zero attached hydrogens (tertiary/aromatic N) is 1. The first-order valence-corrected chi connectivity index (χ1v) is 9.13. The van der Waals surface area contributed by atoms with Crippen molar-refractivity contribution >= 4 is 29.1 Å². The Bertz CT molecular complexity index is 836. The SMILES string of the molecule is CCCNC(=O)c1ccccc1NC(=O)[C@H]1CC(=O)N(c2ccccc2)C1. The maximum Gasteiger partial charge on any atom is 0.253 e. The summed E-state index contributed by atoms with van der Waals surface area (Å²) in [5.74, 6) is -1.00. The molecule has 1 saturated heterocycles. The van der Waals surface area contributed by atoms with Crippen LogP contribution in [0.3, 0.4) is 0 Å². The van der Waals surface area contributed by atoms with Gasteiger partial charge in [0.25, 0.3) is 5.91 Å². The minimum atomic E-state index is -0.454. The number of rotatable bonds is 6. The van der Waals surface area contributed by atoms with E-state index < -0.39 is 5.92 Å². The molecular formula is C21H23N3O3. The van der Waals surface area contributed by atoms with Gasteiger partial charge in [-0.3, -0.25) is 14.4 Å². The van der Waals surface area contributed by atoms with Gasteiger partial charge in [-0.1, -0.05) is 37.3 Å². The molecule has 1 fully saturated rings. The molecule has 0 spiro atoms. The normalized spacial score (nSPS) is 16.3. The summed E-state index contributed by atoms with van der Waals surface area (Å²) in [4.78, 5) is 38.9. The van der Waals surface area contributed by atoms with E-state index in [0.717, 1.165) is 12.1 Å². The van der Waals surface area contributed by atoms with Gasteiger partial charge < -0.3 is 15.5 Å². The molecule has 0 aromatic heterocycles. The van der Waals surface area contributed by atoms with Gasteiger partial charge in [-0.25, -0.2) is 0 Å². The summed E-state index contributed by atoms with van der Waals surface area (Å²) in [5.41, 5.74) is 1.67. The monoisotopic (exact) mass is 365 g/mol. The molecule has 3 amide bonds. The van der Waals surface area contributed by atoms with E-state index in [9.17, 15) is 14.4 Å². The molecule has 2 aromatic rings. The third kappa shape index (κ3) is 4.34. The van der Waals surface area contributed by atoms with Crippen LogP contribution in [0.1, 0.15) is 30.1 Å². The van der Waals surface area contributed by atoms with Crippen molar-refractivity contribution < 1.29 is 14.4 Å². The number of anilines is 2. The summed E-state index contributed by atoms with van der Waals surface area (Å²) in [6, 6.07) is 16.2. The maximum absolute atomic E-state index is 12.7. The van der Waals surface area contributed by atoms with Crippen molar-refractivity contribution in [2.45, 2.75) is 19.8 Å². The number of amides is 3. The Hall–Kier alpha value is -3.15. The molecule has 1 aliphatic rings. The molecular weight excluding hydrogens is 342 g/mol. The van der Waals surface area contributed by atoms with Gasteiger partial charge >= 0.3 is 0 Å². The minimum absolute atomic E-state index is 0.0738. The topological polar surface area (TPSA) is 78.5 Å². The lowest BCUT2D eigenvalue weighted by atomic mass is 10.1. The molecule has 3 rings (SSSR count). The molecule has 140 valence electrons. The van der Waals surface area contributed by atoms with E-state index >= 15 is 0 Å². The molecule has 1 atom stereocenters. The number of carbonyl (C=O) groups is 3. The van der Waals surface area contributed by atoms with Gasteiger partial charge in [0, 0.05) is 25.2 Å². The Balaban J connectivity index is 1.70. The molecule has 1 heterocycles.